The van der Waals surface area contributed by atoms with E-state index in [0.717, 1.165) is 11.6 Å². The van der Waals surface area contributed by atoms with Crippen LogP contribution in [0.25, 0.3) is 11.3 Å². The first-order valence-corrected chi connectivity index (χ1v) is 9.26. The summed E-state index contributed by atoms with van der Waals surface area (Å²) < 4.78 is 33.4. The average Bonchev–Trinajstić information content (AvgIpc) is 3.09. The number of esters is 1. The van der Waals surface area contributed by atoms with Crippen molar-refractivity contribution in [2.75, 3.05) is 0 Å². The van der Waals surface area contributed by atoms with Gasteiger partial charge in [-0.15, -0.1) is 0 Å². The number of nitrogens with zero attached hydrogens (tertiary/aromatic N) is 1. The van der Waals surface area contributed by atoms with Gasteiger partial charge in [-0.25, -0.2) is 23.3 Å². The van der Waals surface area contributed by atoms with Crippen molar-refractivity contribution in [3.8, 4) is 11.3 Å². The van der Waals surface area contributed by atoms with Crippen LogP contribution < -0.4 is 5.14 Å². The van der Waals surface area contributed by atoms with Gasteiger partial charge < -0.3 is 9.15 Å². The summed E-state index contributed by atoms with van der Waals surface area (Å²) >= 11 is 5.93. The SMILES string of the molecule is NS(=O)(=O)c1ccc(Cl)c(C(=O)OCc2ncc(-c3ccccc3)o2)c1. The number of primary sulfonamides is 1. The molecule has 0 aliphatic heterocycles. The molecule has 0 bridgehead atoms. The van der Waals surface area contributed by atoms with E-state index in [9.17, 15) is 13.2 Å². The number of carbonyl (C=O) groups is 1. The molecule has 3 rings (SSSR count). The summed E-state index contributed by atoms with van der Waals surface area (Å²) in [7, 11) is -3.97. The van der Waals surface area contributed by atoms with Crippen LogP contribution in [0.5, 0.6) is 0 Å². The van der Waals surface area contributed by atoms with E-state index < -0.39 is 16.0 Å². The third kappa shape index (κ3) is 4.10. The van der Waals surface area contributed by atoms with Crippen LogP contribution in [0.2, 0.25) is 5.02 Å². The zero-order valence-electron chi connectivity index (χ0n) is 13.3. The molecule has 0 aliphatic carbocycles. The zero-order valence-corrected chi connectivity index (χ0v) is 14.8. The Labute approximate surface area is 154 Å². The molecule has 0 fully saturated rings. The summed E-state index contributed by atoms with van der Waals surface area (Å²) in [5.74, 6) is -0.0956. The van der Waals surface area contributed by atoms with Crippen molar-refractivity contribution in [2.45, 2.75) is 11.5 Å². The molecular weight excluding hydrogens is 380 g/mol. The van der Waals surface area contributed by atoms with Gasteiger partial charge in [0.05, 0.1) is 21.7 Å². The summed E-state index contributed by atoms with van der Waals surface area (Å²) in [6, 6.07) is 12.8. The van der Waals surface area contributed by atoms with Crippen LogP contribution in [0, 0.1) is 0 Å². The van der Waals surface area contributed by atoms with Gasteiger partial charge in [-0.1, -0.05) is 41.9 Å². The van der Waals surface area contributed by atoms with E-state index in [1.165, 1.54) is 18.3 Å². The molecule has 0 atom stereocenters. The number of benzene rings is 2. The van der Waals surface area contributed by atoms with Gasteiger partial charge in [0.2, 0.25) is 15.9 Å². The van der Waals surface area contributed by atoms with Gasteiger partial charge in [0.15, 0.2) is 12.4 Å². The topological polar surface area (TPSA) is 112 Å². The van der Waals surface area contributed by atoms with Crippen molar-refractivity contribution >= 4 is 27.6 Å². The number of hydrogen-bond acceptors (Lipinski definition) is 6. The number of ether oxygens (including phenoxy) is 1. The highest BCUT2D eigenvalue weighted by Crippen LogP contribution is 2.23. The maximum atomic E-state index is 12.2. The first kappa shape index (κ1) is 18.1. The summed E-state index contributed by atoms with van der Waals surface area (Å²) in [5.41, 5.74) is 0.717. The molecule has 0 saturated heterocycles. The third-order valence-electron chi connectivity index (χ3n) is 3.42. The van der Waals surface area contributed by atoms with E-state index in [-0.39, 0.29) is 28.0 Å². The van der Waals surface area contributed by atoms with Crippen LogP contribution in [0.4, 0.5) is 0 Å². The van der Waals surface area contributed by atoms with Gasteiger partial charge in [0, 0.05) is 5.56 Å². The number of hydrogen-bond donors (Lipinski definition) is 1. The third-order valence-corrected chi connectivity index (χ3v) is 4.67. The quantitative estimate of drug-likeness (QED) is 0.668. The normalized spacial score (nSPS) is 11.3. The van der Waals surface area contributed by atoms with E-state index in [1.54, 1.807) is 0 Å². The molecule has 134 valence electrons. The van der Waals surface area contributed by atoms with Crippen LogP contribution >= 0.6 is 11.6 Å². The molecule has 2 aromatic carbocycles. The van der Waals surface area contributed by atoms with Crippen LogP contribution in [0.3, 0.4) is 0 Å². The first-order valence-electron chi connectivity index (χ1n) is 7.34. The number of carbonyl (C=O) groups excluding carboxylic acids is 1. The lowest BCUT2D eigenvalue weighted by Crippen LogP contribution is -2.14. The Morgan fingerprint density at radius 1 is 1.19 bits per heavy atom. The summed E-state index contributed by atoms with van der Waals surface area (Å²) in [6.07, 6.45) is 1.52. The van der Waals surface area contributed by atoms with Crippen LogP contribution in [-0.2, 0) is 21.4 Å². The van der Waals surface area contributed by atoms with Crippen molar-refractivity contribution in [1.29, 1.82) is 0 Å². The van der Waals surface area contributed by atoms with Gasteiger partial charge >= 0.3 is 5.97 Å². The number of rotatable bonds is 5. The number of nitrogens with two attached hydrogens (primary N) is 1. The Morgan fingerprint density at radius 2 is 1.92 bits per heavy atom. The standard InChI is InChI=1S/C17H13ClN2O5S/c18-14-7-6-12(26(19,22)23)8-13(14)17(21)24-10-16-20-9-15(25-16)11-4-2-1-3-5-11/h1-9H,10H2,(H2,19,22,23). The second-order valence-corrected chi connectivity index (χ2v) is 7.22. The zero-order chi connectivity index (χ0) is 18.7. The molecule has 1 heterocycles. The Morgan fingerprint density at radius 3 is 2.62 bits per heavy atom. The minimum absolute atomic E-state index is 0.0415. The van der Waals surface area contributed by atoms with Crippen molar-refractivity contribution in [3.05, 3.63) is 71.2 Å². The molecule has 0 amide bonds. The van der Waals surface area contributed by atoms with E-state index in [1.807, 2.05) is 30.3 Å². The van der Waals surface area contributed by atoms with Crippen LogP contribution in [0.1, 0.15) is 16.2 Å². The number of halogens is 1. The lowest BCUT2D eigenvalue weighted by atomic mass is 10.2. The van der Waals surface area contributed by atoms with Gasteiger partial charge in [-0.3, -0.25) is 0 Å². The molecular formula is C17H13ClN2O5S. The fraction of sp³-hybridized carbons (Fsp3) is 0.0588. The highest BCUT2D eigenvalue weighted by atomic mass is 35.5. The lowest BCUT2D eigenvalue weighted by Gasteiger charge is -2.06. The minimum Gasteiger partial charge on any atom is -0.452 e. The molecule has 7 nitrogen and oxygen atoms in total. The smallest absolute Gasteiger partial charge is 0.340 e. The molecule has 0 saturated carbocycles. The first-order chi connectivity index (χ1) is 12.3. The van der Waals surface area contributed by atoms with E-state index in [4.69, 9.17) is 25.9 Å². The largest absolute Gasteiger partial charge is 0.452 e. The van der Waals surface area contributed by atoms with Crippen LogP contribution in [-0.4, -0.2) is 19.4 Å². The number of sulfonamides is 1. The monoisotopic (exact) mass is 392 g/mol. The average molecular weight is 393 g/mol. The Bertz CT molecular complexity index is 1050. The van der Waals surface area contributed by atoms with Gasteiger partial charge in [0.1, 0.15) is 0 Å². The second-order valence-electron chi connectivity index (χ2n) is 5.25. The molecule has 0 spiro atoms. The van der Waals surface area contributed by atoms with E-state index in [2.05, 4.69) is 4.98 Å². The van der Waals surface area contributed by atoms with E-state index in [0.29, 0.717) is 5.76 Å². The molecule has 9 heteroatoms. The molecule has 26 heavy (non-hydrogen) atoms. The van der Waals surface area contributed by atoms with Crippen molar-refractivity contribution in [1.82, 2.24) is 4.98 Å². The highest BCUT2D eigenvalue weighted by molar-refractivity contribution is 7.89. The fourth-order valence-electron chi connectivity index (χ4n) is 2.16. The van der Waals surface area contributed by atoms with E-state index >= 15 is 0 Å². The van der Waals surface area contributed by atoms with Crippen LogP contribution in [0.15, 0.2) is 64.0 Å². The van der Waals surface area contributed by atoms with Crippen molar-refractivity contribution in [3.63, 3.8) is 0 Å². The van der Waals surface area contributed by atoms with Crippen molar-refractivity contribution in [2.24, 2.45) is 5.14 Å². The molecule has 3 aromatic rings. The molecule has 1 aromatic heterocycles. The maximum absolute atomic E-state index is 12.2. The summed E-state index contributed by atoms with van der Waals surface area (Å²) in [6.45, 7) is -0.235. The number of aromatic nitrogens is 1. The predicted molar refractivity (Wildman–Crippen MR) is 93.9 cm³/mol. The summed E-state index contributed by atoms with van der Waals surface area (Å²) in [5, 5.41) is 5.09. The molecule has 0 unspecified atom stereocenters. The fourth-order valence-corrected chi connectivity index (χ4v) is 2.89. The predicted octanol–water partition coefficient (Wildman–Crippen LogP) is 3.00. The second kappa shape index (κ2) is 7.28. The molecule has 2 N–H and O–H groups in total. The van der Waals surface area contributed by atoms with Crippen molar-refractivity contribution < 1.29 is 22.4 Å². The highest BCUT2D eigenvalue weighted by Gasteiger charge is 2.18. The minimum atomic E-state index is -3.97. The maximum Gasteiger partial charge on any atom is 0.340 e. The molecule has 0 radical (unpaired) electrons. The van der Waals surface area contributed by atoms with Gasteiger partial charge in [-0.2, -0.15) is 0 Å². The lowest BCUT2D eigenvalue weighted by molar-refractivity contribution is 0.0439. The summed E-state index contributed by atoms with van der Waals surface area (Å²) in [4.78, 5) is 16.0. The number of oxazole rings is 1. The Hall–Kier alpha value is -2.68. The Balaban J connectivity index is 1.73. The van der Waals surface area contributed by atoms with Gasteiger partial charge in [-0.05, 0) is 18.2 Å². The molecule has 0 aliphatic rings. The Kier molecular flexibility index (Phi) is 5.08. The van der Waals surface area contributed by atoms with Gasteiger partial charge in [0.25, 0.3) is 0 Å².